The Kier molecular flexibility index (Phi) is 5.43. The van der Waals surface area contributed by atoms with Crippen molar-refractivity contribution in [2.75, 3.05) is 0 Å². The molecule has 0 aliphatic heterocycles. The molecule has 0 spiro atoms. The van der Waals surface area contributed by atoms with Gasteiger partial charge in [0, 0.05) is 12.2 Å². The van der Waals surface area contributed by atoms with Crippen molar-refractivity contribution in [1.29, 1.82) is 0 Å². The molecule has 10 heteroatoms. The fourth-order valence-electron chi connectivity index (χ4n) is 2.41. The molecule has 2 aromatic carbocycles. The van der Waals surface area contributed by atoms with Crippen LogP contribution in [0.2, 0.25) is 0 Å². The first-order valence-electron chi connectivity index (χ1n) is 8.16. The molecule has 30 heavy (non-hydrogen) atoms. The zero-order valence-corrected chi connectivity index (χ0v) is 14.7. The molecular formula is C20H10F6O4. The van der Waals surface area contributed by atoms with Gasteiger partial charge in [-0.3, -0.25) is 9.59 Å². The molecule has 0 fully saturated rings. The normalized spacial score (nSPS) is 14.9. The quantitative estimate of drug-likeness (QED) is 0.502. The number of alkyl halides is 6. The minimum absolute atomic E-state index is 0.326. The first-order valence-corrected chi connectivity index (χ1v) is 8.16. The molecular weight excluding hydrogens is 418 g/mol. The maximum absolute atomic E-state index is 12.8. The number of carbonyl (C=O) groups excluding carboxylic acids is 2. The largest absolute Gasteiger partial charge is 0.453 e. The number of hydrogen-bond acceptors (Lipinski definition) is 4. The zero-order valence-electron chi connectivity index (χ0n) is 14.7. The van der Waals surface area contributed by atoms with Crippen LogP contribution in [0, 0.1) is 0 Å². The summed E-state index contributed by atoms with van der Waals surface area (Å²) in [6.45, 7) is 0. The average Bonchev–Trinajstić information content (AvgIpc) is 2.65. The molecule has 4 nitrogen and oxygen atoms in total. The molecule has 0 saturated carbocycles. The van der Waals surface area contributed by atoms with Crippen molar-refractivity contribution in [3.05, 3.63) is 83.3 Å². The lowest BCUT2D eigenvalue weighted by Crippen LogP contribution is -2.20. The van der Waals surface area contributed by atoms with Crippen LogP contribution in [0.25, 0.3) is 0 Å². The SMILES string of the molecule is O=C1C=C(Oc2cccc(C(F)(F)F)c2)C(=O)C=C1Oc1cccc(C(F)(F)F)c1. The number of hydrogen-bond donors (Lipinski definition) is 0. The van der Waals surface area contributed by atoms with E-state index in [-0.39, 0.29) is 11.5 Å². The lowest BCUT2D eigenvalue weighted by Gasteiger charge is -2.15. The Bertz CT molecular complexity index is 978. The van der Waals surface area contributed by atoms with Crippen molar-refractivity contribution in [2.24, 2.45) is 0 Å². The van der Waals surface area contributed by atoms with E-state index in [9.17, 15) is 35.9 Å². The molecule has 0 unspecified atom stereocenters. The monoisotopic (exact) mass is 428 g/mol. The number of ketones is 2. The second-order valence-electron chi connectivity index (χ2n) is 6.00. The highest BCUT2D eigenvalue weighted by atomic mass is 19.4. The van der Waals surface area contributed by atoms with Gasteiger partial charge < -0.3 is 9.47 Å². The molecule has 3 rings (SSSR count). The summed E-state index contributed by atoms with van der Waals surface area (Å²) in [5.41, 5.74) is -2.03. The van der Waals surface area contributed by atoms with Crippen molar-refractivity contribution in [3.63, 3.8) is 0 Å². The first-order chi connectivity index (χ1) is 13.9. The van der Waals surface area contributed by atoms with E-state index in [4.69, 9.17) is 9.47 Å². The standard InChI is InChI=1S/C20H10F6O4/c21-19(22,23)11-3-1-5-13(7-11)29-17-9-16(28)18(10-15(17)27)30-14-6-2-4-12(8-14)20(24,25)26/h1-10H. The van der Waals surface area contributed by atoms with Crippen LogP contribution in [0.3, 0.4) is 0 Å². The molecule has 1 aliphatic rings. The van der Waals surface area contributed by atoms with Gasteiger partial charge in [0.1, 0.15) is 11.5 Å². The lowest BCUT2D eigenvalue weighted by molar-refractivity contribution is -0.138. The second kappa shape index (κ2) is 7.69. The summed E-state index contributed by atoms with van der Waals surface area (Å²) in [6, 6.07) is 7.34. The highest BCUT2D eigenvalue weighted by Crippen LogP contribution is 2.33. The van der Waals surface area contributed by atoms with Crippen LogP contribution in [0.1, 0.15) is 11.1 Å². The minimum Gasteiger partial charge on any atom is -0.453 e. The summed E-state index contributed by atoms with van der Waals surface area (Å²) in [5.74, 6) is -3.59. The number of allylic oxidation sites excluding steroid dienone is 2. The maximum Gasteiger partial charge on any atom is 0.416 e. The van der Waals surface area contributed by atoms with Crippen molar-refractivity contribution >= 4 is 11.6 Å². The van der Waals surface area contributed by atoms with E-state index in [2.05, 4.69) is 0 Å². The lowest BCUT2D eigenvalue weighted by atomic mass is 10.1. The van der Waals surface area contributed by atoms with Gasteiger partial charge in [-0.2, -0.15) is 26.3 Å². The summed E-state index contributed by atoms with van der Waals surface area (Å²) in [4.78, 5) is 24.3. The van der Waals surface area contributed by atoms with Crippen molar-refractivity contribution in [2.45, 2.75) is 12.4 Å². The number of carbonyl (C=O) groups is 2. The molecule has 0 bridgehead atoms. The van der Waals surface area contributed by atoms with Gasteiger partial charge in [-0.15, -0.1) is 0 Å². The third-order valence-electron chi connectivity index (χ3n) is 3.79. The van der Waals surface area contributed by atoms with E-state index < -0.39 is 46.6 Å². The smallest absolute Gasteiger partial charge is 0.416 e. The van der Waals surface area contributed by atoms with Crippen LogP contribution in [-0.4, -0.2) is 11.6 Å². The third kappa shape index (κ3) is 4.88. The topological polar surface area (TPSA) is 52.6 Å². The van der Waals surface area contributed by atoms with Crippen LogP contribution in [-0.2, 0) is 21.9 Å². The molecule has 1 aliphatic carbocycles. The van der Waals surface area contributed by atoms with Crippen LogP contribution in [0.5, 0.6) is 11.5 Å². The molecule has 0 heterocycles. The van der Waals surface area contributed by atoms with Crippen molar-refractivity contribution in [1.82, 2.24) is 0 Å². The fraction of sp³-hybridized carbons (Fsp3) is 0.100. The molecule has 0 aromatic heterocycles. The van der Waals surface area contributed by atoms with Gasteiger partial charge >= 0.3 is 12.4 Å². The Morgan fingerprint density at radius 2 is 0.967 bits per heavy atom. The minimum atomic E-state index is -4.63. The highest BCUT2D eigenvalue weighted by molar-refractivity contribution is 6.18. The molecule has 156 valence electrons. The average molecular weight is 428 g/mol. The van der Waals surface area contributed by atoms with Gasteiger partial charge in [-0.25, -0.2) is 0 Å². The Balaban J connectivity index is 1.77. The van der Waals surface area contributed by atoms with Gasteiger partial charge in [-0.05, 0) is 36.4 Å². The first kappa shape index (κ1) is 21.2. The molecule has 0 saturated heterocycles. The van der Waals surface area contributed by atoms with Gasteiger partial charge in [0.2, 0.25) is 11.6 Å². The zero-order chi connectivity index (χ0) is 22.1. The fourth-order valence-corrected chi connectivity index (χ4v) is 2.41. The van der Waals surface area contributed by atoms with E-state index in [1.165, 1.54) is 0 Å². The van der Waals surface area contributed by atoms with Crippen LogP contribution < -0.4 is 9.47 Å². The van der Waals surface area contributed by atoms with Gasteiger partial charge in [-0.1, -0.05) is 12.1 Å². The second-order valence-corrected chi connectivity index (χ2v) is 6.00. The molecule has 0 N–H and O–H groups in total. The predicted molar refractivity (Wildman–Crippen MR) is 90.3 cm³/mol. The van der Waals surface area contributed by atoms with Crippen LogP contribution in [0.4, 0.5) is 26.3 Å². The highest BCUT2D eigenvalue weighted by Gasteiger charge is 2.32. The Hall–Kier alpha value is -3.56. The summed E-state index contributed by atoms with van der Waals surface area (Å²) in [6.07, 6.45) is -7.89. The number of ether oxygens (including phenoxy) is 2. The number of halogens is 6. The van der Waals surface area contributed by atoms with Crippen LogP contribution >= 0.6 is 0 Å². The van der Waals surface area contributed by atoms with E-state index in [0.717, 1.165) is 36.4 Å². The van der Waals surface area contributed by atoms with E-state index in [0.29, 0.717) is 24.3 Å². The van der Waals surface area contributed by atoms with Crippen molar-refractivity contribution in [3.8, 4) is 11.5 Å². The summed E-state index contributed by atoms with van der Waals surface area (Å²) in [7, 11) is 0. The molecule has 2 aromatic rings. The van der Waals surface area contributed by atoms with Crippen molar-refractivity contribution < 1.29 is 45.4 Å². The van der Waals surface area contributed by atoms with Gasteiger partial charge in [0.25, 0.3) is 0 Å². The molecule has 0 atom stereocenters. The summed E-state index contributed by atoms with van der Waals surface area (Å²) >= 11 is 0. The number of rotatable bonds is 4. The Morgan fingerprint density at radius 1 is 0.600 bits per heavy atom. The summed E-state index contributed by atoms with van der Waals surface area (Å²) < 4.78 is 86.7. The Morgan fingerprint density at radius 3 is 1.30 bits per heavy atom. The maximum atomic E-state index is 12.8. The van der Waals surface area contributed by atoms with Gasteiger partial charge in [0.05, 0.1) is 11.1 Å². The van der Waals surface area contributed by atoms with E-state index in [1.54, 1.807) is 0 Å². The van der Waals surface area contributed by atoms with Gasteiger partial charge in [0.15, 0.2) is 11.5 Å². The predicted octanol–water partition coefficient (Wildman–Crippen LogP) is 5.10. The molecule has 0 radical (unpaired) electrons. The summed E-state index contributed by atoms with van der Waals surface area (Å²) in [5, 5.41) is 0. The Labute approximate surface area is 165 Å². The van der Waals surface area contributed by atoms with E-state index in [1.807, 2.05) is 0 Å². The molecule has 0 amide bonds. The third-order valence-corrected chi connectivity index (χ3v) is 3.79. The van der Waals surface area contributed by atoms with Crippen LogP contribution in [0.15, 0.2) is 72.2 Å². The van der Waals surface area contributed by atoms with E-state index >= 15 is 0 Å². The number of benzene rings is 2.